The van der Waals surface area contributed by atoms with Gasteiger partial charge in [0.25, 0.3) is 0 Å². The highest BCUT2D eigenvalue weighted by Crippen LogP contribution is 2.36. The summed E-state index contributed by atoms with van der Waals surface area (Å²) in [6.45, 7) is 0. The highest BCUT2D eigenvalue weighted by molar-refractivity contribution is 9.10. The van der Waals surface area contributed by atoms with Crippen LogP contribution in [0.1, 0.15) is 10.4 Å². The summed E-state index contributed by atoms with van der Waals surface area (Å²) in [5.74, 6) is 0. The molecule has 0 amide bonds. The Balaban J connectivity index is 2.20. The Morgan fingerprint density at radius 1 is 0.947 bits per heavy atom. The van der Waals surface area contributed by atoms with Crippen molar-refractivity contribution in [2.75, 3.05) is 10.7 Å². The van der Waals surface area contributed by atoms with Crippen LogP contribution in [-0.2, 0) is 12.8 Å². The zero-order chi connectivity index (χ0) is 13.7. The predicted octanol–water partition coefficient (Wildman–Crippen LogP) is 6.07. The lowest BCUT2D eigenvalue weighted by Crippen LogP contribution is -2.30. The molecule has 1 heterocycles. The first kappa shape index (κ1) is 15.7. The highest BCUT2D eigenvalue weighted by atomic mass is 79.9. The molecule has 0 saturated carbocycles. The van der Waals surface area contributed by atoms with Crippen LogP contribution in [0.5, 0.6) is 0 Å². The van der Waals surface area contributed by atoms with Gasteiger partial charge in [-0.05, 0) is 51.2 Å². The van der Waals surface area contributed by atoms with Gasteiger partial charge in [-0.25, -0.2) is 0 Å². The van der Waals surface area contributed by atoms with Gasteiger partial charge in [0.15, 0.2) is 0 Å². The number of hydrogen-bond donors (Lipinski definition) is 0. The molecule has 0 aliphatic heterocycles. The Bertz CT molecular complexity index is 503. The van der Waals surface area contributed by atoms with Gasteiger partial charge in [0.05, 0.1) is 0 Å². The quantitative estimate of drug-likeness (QED) is 0.453. The fourth-order valence-corrected chi connectivity index (χ4v) is 5.50. The molecule has 0 bridgehead atoms. The molecule has 0 fully saturated rings. The van der Waals surface area contributed by atoms with Crippen LogP contribution in [0.4, 0.5) is 0 Å². The summed E-state index contributed by atoms with van der Waals surface area (Å²) >= 11 is 12.9. The molecular weight excluding hydrogens is 452 g/mol. The summed E-state index contributed by atoms with van der Waals surface area (Å²) in [5.41, 5.74) is 1.61. The molecule has 1 aromatic heterocycles. The monoisotopic (exact) mass is 464 g/mol. The Morgan fingerprint density at radius 3 is 2.16 bits per heavy atom. The maximum atomic E-state index is 3.72. The van der Waals surface area contributed by atoms with E-state index in [1.807, 2.05) is 11.3 Å². The highest BCUT2D eigenvalue weighted by Gasteiger charge is 2.29. The van der Waals surface area contributed by atoms with Crippen molar-refractivity contribution >= 4 is 59.1 Å². The van der Waals surface area contributed by atoms with Crippen LogP contribution in [-0.4, -0.2) is 10.7 Å². The minimum absolute atomic E-state index is 0.217. The Kier molecular flexibility index (Phi) is 6.12. The molecule has 102 valence electrons. The van der Waals surface area contributed by atoms with Crippen molar-refractivity contribution in [1.82, 2.24) is 0 Å². The Labute approximate surface area is 144 Å². The molecule has 0 aliphatic rings. The van der Waals surface area contributed by atoms with E-state index in [4.69, 9.17) is 0 Å². The SMILES string of the molecule is BrCC(CBr)(Cc1ccccc1)Cc1sccc1Br. The van der Waals surface area contributed by atoms with Gasteiger partial charge in [0.1, 0.15) is 0 Å². The first-order valence-corrected chi connectivity index (χ1v) is 9.98. The first-order chi connectivity index (χ1) is 9.19. The van der Waals surface area contributed by atoms with E-state index in [9.17, 15) is 0 Å². The molecule has 0 N–H and O–H groups in total. The van der Waals surface area contributed by atoms with E-state index in [1.54, 1.807) is 0 Å². The van der Waals surface area contributed by atoms with Crippen molar-refractivity contribution in [3.05, 3.63) is 56.7 Å². The predicted molar refractivity (Wildman–Crippen MR) is 95.9 cm³/mol. The van der Waals surface area contributed by atoms with E-state index in [1.165, 1.54) is 14.9 Å². The average molecular weight is 467 g/mol. The van der Waals surface area contributed by atoms with E-state index in [0.717, 1.165) is 23.5 Å². The van der Waals surface area contributed by atoms with Gasteiger partial charge in [-0.3, -0.25) is 0 Å². The van der Waals surface area contributed by atoms with E-state index in [2.05, 4.69) is 89.6 Å². The smallest absolute Gasteiger partial charge is 0.0314 e. The van der Waals surface area contributed by atoms with E-state index in [-0.39, 0.29) is 5.41 Å². The van der Waals surface area contributed by atoms with Crippen molar-refractivity contribution in [3.63, 3.8) is 0 Å². The zero-order valence-electron chi connectivity index (χ0n) is 10.4. The number of alkyl halides is 2. The number of halogens is 3. The van der Waals surface area contributed by atoms with Gasteiger partial charge in [0, 0.05) is 20.0 Å². The maximum Gasteiger partial charge on any atom is 0.0314 e. The van der Waals surface area contributed by atoms with Crippen LogP contribution >= 0.6 is 59.1 Å². The number of hydrogen-bond acceptors (Lipinski definition) is 1. The molecule has 2 aromatic rings. The molecular formula is C15H15Br3S. The van der Waals surface area contributed by atoms with Gasteiger partial charge in [-0.2, -0.15) is 0 Å². The third kappa shape index (κ3) is 4.16. The molecule has 1 aromatic carbocycles. The average Bonchev–Trinajstić information content (AvgIpc) is 2.84. The lowest BCUT2D eigenvalue weighted by atomic mass is 9.82. The van der Waals surface area contributed by atoms with Gasteiger partial charge in [-0.15, -0.1) is 11.3 Å². The van der Waals surface area contributed by atoms with Gasteiger partial charge in [0.2, 0.25) is 0 Å². The third-order valence-corrected chi connectivity index (χ3v) is 7.52. The summed E-state index contributed by atoms with van der Waals surface area (Å²) in [4.78, 5) is 1.43. The zero-order valence-corrected chi connectivity index (χ0v) is 16.0. The fraction of sp³-hybridized carbons (Fsp3) is 0.333. The summed E-state index contributed by atoms with van der Waals surface area (Å²) in [5, 5.41) is 4.13. The molecule has 19 heavy (non-hydrogen) atoms. The second kappa shape index (κ2) is 7.39. The van der Waals surface area contributed by atoms with E-state index in [0.29, 0.717) is 0 Å². The van der Waals surface area contributed by atoms with Crippen LogP contribution in [0.25, 0.3) is 0 Å². The lowest BCUT2D eigenvalue weighted by molar-refractivity contribution is 0.388. The van der Waals surface area contributed by atoms with Crippen LogP contribution in [0.15, 0.2) is 46.3 Å². The van der Waals surface area contributed by atoms with Crippen molar-refractivity contribution in [3.8, 4) is 0 Å². The third-order valence-electron chi connectivity index (χ3n) is 3.22. The lowest BCUT2D eigenvalue weighted by Gasteiger charge is -2.30. The summed E-state index contributed by atoms with van der Waals surface area (Å²) in [6.07, 6.45) is 2.16. The standard InChI is InChI=1S/C15H15Br3S/c16-10-15(11-17,8-12-4-2-1-3-5-12)9-14-13(18)6-7-19-14/h1-7H,8-11H2. The van der Waals surface area contributed by atoms with Crippen molar-refractivity contribution < 1.29 is 0 Å². The summed E-state index contributed by atoms with van der Waals surface area (Å²) in [7, 11) is 0. The van der Waals surface area contributed by atoms with Crippen molar-refractivity contribution in [1.29, 1.82) is 0 Å². The molecule has 0 unspecified atom stereocenters. The van der Waals surface area contributed by atoms with E-state index >= 15 is 0 Å². The second-order valence-corrected chi connectivity index (χ2v) is 7.77. The minimum Gasteiger partial charge on any atom is -0.148 e. The summed E-state index contributed by atoms with van der Waals surface area (Å²) in [6, 6.07) is 12.9. The molecule has 2 rings (SSSR count). The first-order valence-electron chi connectivity index (χ1n) is 6.07. The Hall–Kier alpha value is 0.360. The Morgan fingerprint density at radius 2 is 1.63 bits per heavy atom. The molecule has 0 radical (unpaired) electrons. The fourth-order valence-electron chi connectivity index (χ4n) is 2.11. The molecule has 0 spiro atoms. The van der Waals surface area contributed by atoms with Crippen LogP contribution in [0, 0.1) is 5.41 Å². The molecule has 0 saturated heterocycles. The number of benzene rings is 1. The molecule has 0 aliphatic carbocycles. The molecule has 0 atom stereocenters. The molecule has 4 heteroatoms. The van der Waals surface area contributed by atoms with Gasteiger partial charge in [-0.1, -0.05) is 62.2 Å². The second-order valence-electron chi connectivity index (χ2n) is 4.80. The largest absolute Gasteiger partial charge is 0.148 e. The van der Waals surface area contributed by atoms with Crippen LogP contribution in [0.2, 0.25) is 0 Å². The van der Waals surface area contributed by atoms with Gasteiger partial charge >= 0.3 is 0 Å². The van der Waals surface area contributed by atoms with Crippen LogP contribution in [0.3, 0.4) is 0 Å². The molecule has 0 nitrogen and oxygen atoms in total. The summed E-state index contributed by atoms with van der Waals surface area (Å²) < 4.78 is 1.23. The normalized spacial score (nSPS) is 11.7. The van der Waals surface area contributed by atoms with Crippen LogP contribution < -0.4 is 0 Å². The van der Waals surface area contributed by atoms with Gasteiger partial charge < -0.3 is 0 Å². The topological polar surface area (TPSA) is 0 Å². The number of rotatable bonds is 6. The maximum absolute atomic E-state index is 3.72. The van der Waals surface area contributed by atoms with Crippen molar-refractivity contribution in [2.45, 2.75) is 12.8 Å². The van der Waals surface area contributed by atoms with E-state index < -0.39 is 0 Å². The number of thiophene rings is 1. The van der Waals surface area contributed by atoms with Crippen molar-refractivity contribution in [2.24, 2.45) is 5.41 Å². The minimum atomic E-state index is 0.217.